The van der Waals surface area contributed by atoms with Gasteiger partial charge in [0.15, 0.2) is 0 Å². The van der Waals surface area contributed by atoms with Crippen molar-refractivity contribution in [3.8, 4) is 0 Å². The predicted octanol–water partition coefficient (Wildman–Crippen LogP) is 3.20. The van der Waals surface area contributed by atoms with Gasteiger partial charge >= 0.3 is 5.97 Å². The van der Waals surface area contributed by atoms with Crippen molar-refractivity contribution in [3.05, 3.63) is 0 Å². The molecule has 0 spiro atoms. The summed E-state index contributed by atoms with van der Waals surface area (Å²) in [6, 6.07) is 0. The lowest BCUT2D eigenvalue weighted by atomic mass is 9.43. The Hall–Kier alpha value is -0.650. The minimum Gasteiger partial charge on any atom is -0.481 e. The van der Waals surface area contributed by atoms with Crippen LogP contribution in [0.25, 0.3) is 0 Å². The Morgan fingerprint density at radius 3 is 2.46 bits per heavy atom. The highest BCUT2D eigenvalue weighted by atomic mass is 16.4. The lowest BCUT2D eigenvalue weighted by molar-refractivity contribution is -0.204. The summed E-state index contributed by atoms with van der Waals surface area (Å²) in [6.07, 6.45) is 6.95. The lowest BCUT2D eigenvalue weighted by Crippen LogP contribution is -2.62. The van der Waals surface area contributed by atoms with Crippen molar-refractivity contribution in [2.75, 3.05) is 0 Å². The third kappa shape index (κ3) is 3.04. The monoisotopic (exact) mass is 394 g/mol. The average Bonchev–Trinajstić information content (AvgIpc) is 2.95. The molecule has 4 saturated carbocycles. The van der Waals surface area contributed by atoms with E-state index in [0.717, 1.165) is 51.4 Å². The first kappa shape index (κ1) is 20.6. The van der Waals surface area contributed by atoms with Gasteiger partial charge in [-0.05, 0) is 98.2 Å². The summed E-state index contributed by atoms with van der Waals surface area (Å²) < 4.78 is 0. The number of fused-ring (bicyclic) bond motifs is 5. The molecule has 160 valence electrons. The largest absolute Gasteiger partial charge is 0.481 e. The summed E-state index contributed by atoms with van der Waals surface area (Å²) in [7, 11) is 0. The molecular formula is C23H38O5. The molecule has 0 aliphatic heterocycles. The van der Waals surface area contributed by atoms with Crippen molar-refractivity contribution >= 4 is 5.97 Å². The van der Waals surface area contributed by atoms with Crippen LogP contribution in [-0.4, -0.2) is 44.7 Å². The number of carboxylic acids is 1. The van der Waals surface area contributed by atoms with Crippen molar-refractivity contribution in [1.29, 1.82) is 0 Å². The van der Waals surface area contributed by atoms with E-state index in [1.165, 1.54) is 0 Å². The van der Waals surface area contributed by atoms with Gasteiger partial charge in [0.1, 0.15) is 0 Å². The molecule has 4 fully saturated rings. The fraction of sp³-hybridized carbons (Fsp3) is 0.957. The summed E-state index contributed by atoms with van der Waals surface area (Å²) in [5.41, 5.74) is -0.106. The van der Waals surface area contributed by atoms with Gasteiger partial charge in [0.2, 0.25) is 0 Å². The van der Waals surface area contributed by atoms with E-state index in [1.807, 2.05) is 0 Å². The first-order valence-electron chi connectivity index (χ1n) is 11.4. The number of hydrogen-bond acceptors (Lipinski definition) is 4. The Kier molecular flexibility index (Phi) is 5.33. The van der Waals surface area contributed by atoms with E-state index in [1.54, 1.807) is 0 Å². The molecule has 5 heteroatoms. The molecule has 0 bridgehead atoms. The molecular weight excluding hydrogens is 356 g/mol. The fourth-order valence-electron chi connectivity index (χ4n) is 8.26. The molecule has 0 radical (unpaired) electrons. The van der Waals surface area contributed by atoms with Crippen LogP contribution in [0.5, 0.6) is 0 Å². The van der Waals surface area contributed by atoms with E-state index in [-0.39, 0.29) is 41.5 Å². The van der Waals surface area contributed by atoms with Crippen LogP contribution in [0.3, 0.4) is 0 Å². The number of aliphatic hydroxyl groups excluding tert-OH is 3. The van der Waals surface area contributed by atoms with Crippen molar-refractivity contribution in [2.24, 2.45) is 40.4 Å². The van der Waals surface area contributed by atoms with E-state index in [9.17, 15) is 20.1 Å². The average molecular weight is 395 g/mol. The molecule has 0 aromatic rings. The Morgan fingerprint density at radius 1 is 1.00 bits per heavy atom. The molecule has 0 heterocycles. The van der Waals surface area contributed by atoms with Crippen LogP contribution in [0, 0.1) is 40.4 Å². The predicted molar refractivity (Wildman–Crippen MR) is 105 cm³/mol. The van der Waals surface area contributed by atoms with Crippen LogP contribution >= 0.6 is 0 Å². The summed E-state index contributed by atoms with van der Waals surface area (Å²) in [5.74, 6) is 0.810. The smallest absolute Gasteiger partial charge is 0.303 e. The van der Waals surface area contributed by atoms with Gasteiger partial charge in [-0.1, -0.05) is 13.8 Å². The standard InChI is InChI=1S/C23H38O5/c1-22-9-8-15(24)10-14(22)11-18(25)21-16-7-6-13(4-3-5-20(27)28)23(16,2)19(26)12-17(21)22/h13-19,21,24-26H,3-12H2,1-2H3,(H,27,28)/t13-,14-,15+,16-,17-,18+,19+,21-,22-,23+/m0/s1. The fourth-order valence-corrected chi connectivity index (χ4v) is 8.26. The highest BCUT2D eigenvalue weighted by Gasteiger charge is 2.65. The second-order valence-corrected chi connectivity index (χ2v) is 10.9. The molecule has 10 atom stereocenters. The van der Waals surface area contributed by atoms with Crippen LogP contribution in [0.2, 0.25) is 0 Å². The zero-order valence-corrected chi connectivity index (χ0v) is 17.4. The van der Waals surface area contributed by atoms with Gasteiger partial charge < -0.3 is 20.4 Å². The van der Waals surface area contributed by atoms with E-state index in [2.05, 4.69) is 13.8 Å². The van der Waals surface area contributed by atoms with E-state index in [0.29, 0.717) is 30.1 Å². The van der Waals surface area contributed by atoms with Gasteiger partial charge in [0.05, 0.1) is 18.3 Å². The normalized spacial score (nSPS) is 53.2. The molecule has 0 aromatic heterocycles. The highest BCUT2D eigenvalue weighted by molar-refractivity contribution is 5.66. The second kappa shape index (κ2) is 7.24. The Balaban J connectivity index is 1.58. The summed E-state index contributed by atoms with van der Waals surface area (Å²) in [5, 5.41) is 41.7. The number of aliphatic hydroxyl groups is 3. The molecule has 4 aliphatic rings. The zero-order chi connectivity index (χ0) is 20.3. The van der Waals surface area contributed by atoms with Gasteiger partial charge in [0, 0.05) is 6.42 Å². The number of carboxylic acid groups (broad SMARTS) is 1. The van der Waals surface area contributed by atoms with E-state index < -0.39 is 5.97 Å². The Bertz CT molecular complexity index is 608. The van der Waals surface area contributed by atoms with Crippen molar-refractivity contribution in [3.63, 3.8) is 0 Å². The van der Waals surface area contributed by atoms with Gasteiger partial charge in [-0.15, -0.1) is 0 Å². The van der Waals surface area contributed by atoms with Crippen molar-refractivity contribution in [2.45, 2.75) is 96.4 Å². The molecule has 0 unspecified atom stereocenters. The summed E-state index contributed by atoms with van der Waals surface area (Å²) >= 11 is 0. The molecule has 28 heavy (non-hydrogen) atoms. The van der Waals surface area contributed by atoms with Crippen LogP contribution in [0.1, 0.15) is 78.1 Å². The van der Waals surface area contributed by atoms with Crippen LogP contribution in [-0.2, 0) is 4.79 Å². The molecule has 0 aromatic carbocycles. The van der Waals surface area contributed by atoms with Gasteiger partial charge in [-0.25, -0.2) is 0 Å². The van der Waals surface area contributed by atoms with Crippen LogP contribution in [0.4, 0.5) is 0 Å². The topological polar surface area (TPSA) is 98.0 Å². The first-order valence-corrected chi connectivity index (χ1v) is 11.4. The first-order chi connectivity index (χ1) is 13.2. The lowest BCUT2D eigenvalue weighted by Gasteiger charge is -2.63. The van der Waals surface area contributed by atoms with E-state index in [4.69, 9.17) is 5.11 Å². The third-order valence-electron chi connectivity index (χ3n) is 9.90. The van der Waals surface area contributed by atoms with Gasteiger partial charge in [-0.2, -0.15) is 0 Å². The molecule has 4 aliphatic carbocycles. The van der Waals surface area contributed by atoms with Crippen LogP contribution < -0.4 is 0 Å². The number of aliphatic carboxylic acids is 1. The van der Waals surface area contributed by atoms with Crippen LogP contribution in [0.15, 0.2) is 0 Å². The minimum atomic E-state index is -0.745. The second-order valence-electron chi connectivity index (χ2n) is 10.9. The number of hydrogen-bond donors (Lipinski definition) is 4. The summed E-state index contributed by atoms with van der Waals surface area (Å²) in [6.45, 7) is 4.56. The summed E-state index contributed by atoms with van der Waals surface area (Å²) in [4.78, 5) is 10.9. The minimum absolute atomic E-state index is 0.104. The van der Waals surface area contributed by atoms with Gasteiger partial charge in [-0.3, -0.25) is 4.79 Å². The number of carbonyl (C=O) groups is 1. The molecule has 0 amide bonds. The molecule has 5 nitrogen and oxygen atoms in total. The van der Waals surface area contributed by atoms with E-state index >= 15 is 0 Å². The van der Waals surface area contributed by atoms with Gasteiger partial charge in [0.25, 0.3) is 0 Å². The Morgan fingerprint density at radius 2 is 1.75 bits per heavy atom. The molecule has 0 saturated heterocycles. The van der Waals surface area contributed by atoms with Crippen molar-refractivity contribution in [1.82, 2.24) is 0 Å². The third-order valence-corrected chi connectivity index (χ3v) is 9.90. The number of rotatable bonds is 4. The maximum absolute atomic E-state index is 11.4. The maximum Gasteiger partial charge on any atom is 0.303 e. The molecule has 4 N–H and O–H groups in total. The zero-order valence-electron chi connectivity index (χ0n) is 17.4. The van der Waals surface area contributed by atoms with Crippen molar-refractivity contribution < 1.29 is 25.2 Å². The maximum atomic E-state index is 11.4. The molecule has 4 rings (SSSR count). The Labute approximate surface area is 168 Å². The highest BCUT2D eigenvalue weighted by Crippen LogP contribution is 2.67. The quantitative estimate of drug-likeness (QED) is 0.587. The SMILES string of the molecule is C[C@]12CC[C@@H](O)C[C@H]1C[C@@H](O)[C@@H]1[C@@H]2C[C@@H](O)[C@]2(C)[C@@H](CCCC(=O)O)CC[C@@H]12.